The second kappa shape index (κ2) is 5.56. The molecule has 0 saturated carbocycles. The highest BCUT2D eigenvalue weighted by Crippen LogP contribution is 2.00. The van der Waals surface area contributed by atoms with Crippen molar-refractivity contribution in [2.45, 2.75) is 13.3 Å². The Morgan fingerprint density at radius 3 is 2.75 bits per heavy atom. The lowest BCUT2D eigenvalue weighted by Crippen LogP contribution is -1.94. The Morgan fingerprint density at radius 1 is 1.75 bits per heavy atom. The van der Waals surface area contributed by atoms with Crippen LogP contribution in [0.2, 0.25) is 0 Å². The molecule has 0 aromatic rings. The summed E-state index contributed by atoms with van der Waals surface area (Å²) in [5, 5.41) is 0. The van der Waals surface area contributed by atoms with E-state index in [2.05, 4.69) is 35.6 Å². The van der Waals surface area contributed by atoms with Gasteiger partial charge in [-0.3, -0.25) is 0 Å². The van der Waals surface area contributed by atoms with Crippen LogP contribution in [0, 0.1) is 0 Å². The van der Waals surface area contributed by atoms with Gasteiger partial charge in [0.25, 0.3) is 0 Å². The van der Waals surface area contributed by atoms with E-state index in [1.807, 2.05) is 0 Å². The van der Waals surface area contributed by atoms with Crippen molar-refractivity contribution in [3.8, 4) is 0 Å². The molecule has 2 N–H and O–H groups in total. The third-order valence-electron chi connectivity index (χ3n) is 0.955. The van der Waals surface area contributed by atoms with Crippen LogP contribution in [-0.4, -0.2) is 11.0 Å². The van der Waals surface area contributed by atoms with Gasteiger partial charge in [0.05, 0.1) is 0 Å². The molecule has 0 aliphatic carbocycles. The fraction of sp³-hybridized carbons (Fsp3) is 0.667. The topological polar surface area (TPSA) is 26.0 Å². The predicted octanol–water partition coefficient (Wildman–Crippen LogP) is 1.72. The Kier molecular flexibility index (Phi) is 5.86. The van der Waals surface area contributed by atoms with Crippen LogP contribution in [0.15, 0.2) is 11.6 Å². The molecule has 48 valence electrons. The van der Waals surface area contributed by atoms with Gasteiger partial charge in [-0.25, -0.2) is 0 Å². The summed E-state index contributed by atoms with van der Waals surface area (Å²) in [6.07, 6.45) is 3.25. The summed E-state index contributed by atoms with van der Waals surface area (Å²) in [5.41, 5.74) is 6.69. The van der Waals surface area contributed by atoms with Crippen molar-refractivity contribution in [2.24, 2.45) is 5.73 Å². The van der Waals surface area contributed by atoms with Crippen LogP contribution in [0.5, 0.6) is 0 Å². The standard InChI is InChI=1S/C6H12IN/c1-6(2-4-7)3-5-8/h3H,2,4-5,8H2,1H3/b6-3-. The van der Waals surface area contributed by atoms with Gasteiger partial charge in [-0.2, -0.15) is 0 Å². The summed E-state index contributed by atoms with van der Waals surface area (Å²) in [5.74, 6) is 0. The number of allylic oxidation sites excluding steroid dienone is 1. The number of hydrogen-bond donors (Lipinski definition) is 1. The van der Waals surface area contributed by atoms with Gasteiger partial charge in [-0.1, -0.05) is 34.2 Å². The van der Waals surface area contributed by atoms with E-state index in [1.54, 1.807) is 0 Å². The van der Waals surface area contributed by atoms with Gasteiger partial charge in [0.2, 0.25) is 0 Å². The molecule has 0 unspecified atom stereocenters. The van der Waals surface area contributed by atoms with Crippen molar-refractivity contribution in [1.82, 2.24) is 0 Å². The normalized spacial score (nSPS) is 12.1. The lowest BCUT2D eigenvalue weighted by atomic mass is 10.2. The first kappa shape index (κ1) is 8.43. The molecule has 0 atom stereocenters. The SMILES string of the molecule is C/C(=C/CN)CCI. The van der Waals surface area contributed by atoms with Crippen LogP contribution in [0.3, 0.4) is 0 Å². The molecule has 0 aliphatic rings. The fourth-order valence-corrected chi connectivity index (χ4v) is 1.30. The van der Waals surface area contributed by atoms with Gasteiger partial charge >= 0.3 is 0 Å². The van der Waals surface area contributed by atoms with E-state index >= 15 is 0 Å². The Morgan fingerprint density at radius 2 is 2.38 bits per heavy atom. The molecular formula is C6H12IN. The molecule has 0 amide bonds. The van der Waals surface area contributed by atoms with Crippen LogP contribution in [0.25, 0.3) is 0 Å². The van der Waals surface area contributed by atoms with Crippen LogP contribution in [0.4, 0.5) is 0 Å². The monoisotopic (exact) mass is 225 g/mol. The molecule has 1 nitrogen and oxygen atoms in total. The van der Waals surface area contributed by atoms with Crippen molar-refractivity contribution < 1.29 is 0 Å². The molecule has 0 fully saturated rings. The number of hydrogen-bond acceptors (Lipinski definition) is 1. The highest BCUT2D eigenvalue weighted by Gasteiger charge is 1.83. The van der Waals surface area contributed by atoms with Crippen LogP contribution in [-0.2, 0) is 0 Å². The van der Waals surface area contributed by atoms with E-state index in [0.717, 1.165) is 0 Å². The molecule has 0 spiro atoms. The summed E-state index contributed by atoms with van der Waals surface area (Å²) in [6, 6.07) is 0. The van der Waals surface area contributed by atoms with Crippen molar-refractivity contribution in [1.29, 1.82) is 0 Å². The molecule has 8 heavy (non-hydrogen) atoms. The third kappa shape index (κ3) is 4.59. The van der Waals surface area contributed by atoms with Gasteiger partial charge in [-0.15, -0.1) is 0 Å². The molecule has 0 aromatic heterocycles. The maximum Gasteiger partial charge on any atom is 0.0109 e. The van der Waals surface area contributed by atoms with Crippen LogP contribution >= 0.6 is 22.6 Å². The van der Waals surface area contributed by atoms with Crippen molar-refractivity contribution in [2.75, 3.05) is 11.0 Å². The van der Waals surface area contributed by atoms with E-state index < -0.39 is 0 Å². The lowest BCUT2D eigenvalue weighted by Gasteiger charge is -1.92. The number of rotatable bonds is 3. The summed E-state index contributed by atoms with van der Waals surface area (Å²) >= 11 is 2.36. The first-order valence-corrected chi connectivity index (χ1v) is 4.25. The summed E-state index contributed by atoms with van der Waals surface area (Å²) in [4.78, 5) is 0. The smallest absolute Gasteiger partial charge is 0.0109 e. The van der Waals surface area contributed by atoms with Crippen molar-refractivity contribution in [3.63, 3.8) is 0 Å². The number of halogens is 1. The second-order valence-corrected chi connectivity index (χ2v) is 2.80. The Bertz CT molecular complexity index is 78.6. The molecular weight excluding hydrogens is 213 g/mol. The quantitative estimate of drug-likeness (QED) is 0.441. The zero-order valence-electron chi connectivity index (χ0n) is 5.15. The van der Waals surface area contributed by atoms with E-state index in [-0.39, 0.29) is 0 Å². The highest BCUT2D eigenvalue weighted by molar-refractivity contribution is 14.1. The Balaban J connectivity index is 3.29. The highest BCUT2D eigenvalue weighted by atomic mass is 127. The lowest BCUT2D eigenvalue weighted by molar-refractivity contribution is 1.09. The number of alkyl halides is 1. The van der Waals surface area contributed by atoms with Gasteiger partial charge in [0.15, 0.2) is 0 Å². The average Bonchev–Trinajstić information content (AvgIpc) is 1.68. The molecule has 0 aromatic carbocycles. The fourth-order valence-electron chi connectivity index (χ4n) is 0.452. The minimum atomic E-state index is 0.683. The van der Waals surface area contributed by atoms with Crippen LogP contribution < -0.4 is 5.73 Å². The summed E-state index contributed by atoms with van der Waals surface area (Å²) in [6.45, 7) is 2.80. The first-order chi connectivity index (χ1) is 3.81. The molecule has 2 heteroatoms. The molecule has 0 rings (SSSR count). The molecule has 0 bridgehead atoms. The van der Waals surface area contributed by atoms with E-state index in [9.17, 15) is 0 Å². The zero-order chi connectivity index (χ0) is 6.41. The average molecular weight is 225 g/mol. The van der Waals surface area contributed by atoms with Gasteiger partial charge in [-0.05, 0) is 13.3 Å². The van der Waals surface area contributed by atoms with Gasteiger partial charge in [0.1, 0.15) is 0 Å². The minimum Gasteiger partial charge on any atom is -0.327 e. The Hall–Kier alpha value is 0.430. The van der Waals surface area contributed by atoms with Gasteiger partial charge in [0, 0.05) is 11.0 Å². The molecule has 0 aliphatic heterocycles. The van der Waals surface area contributed by atoms with E-state index in [1.165, 1.54) is 16.4 Å². The maximum atomic E-state index is 5.28. The molecule has 0 saturated heterocycles. The zero-order valence-corrected chi connectivity index (χ0v) is 7.31. The van der Waals surface area contributed by atoms with Gasteiger partial charge < -0.3 is 5.73 Å². The third-order valence-corrected chi connectivity index (χ3v) is 1.49. The maximum absolute atomic E-state index is 5.28. The summed E-state index contributed by atoms with van der Waals surface area (Å²) in [7, 11) is 0. The van der Waals surface area contributed by atoms with Crippen molar-refractivity contribution >= 4 is 22.6 Å². The predicted molar refractivity (Wildman–Crippen MR) is 46.3 cm³/mol. The molecule has 0 radical (unpaired) electrons. The summed E-state index contributed by atoms with van der Waals surface area (Å²) < 4.78 is 1.19. The van der Waals surface area contributed by atoms with Crippen LogP contribution in [0.1, 0.15) is 13.3 Å². The van der Waals surface area contributed by atoms with Crippen molar-refractivity contribution in [3.05, 3.63) is 11.6 Å². The Labute approximate surface area is 64.5 Å². The van der Waals surface area contributed by atoms with E-state index in [0.29, 0.717) is 6.54 Å². The molecule has 0 heterocycles. The minimum absolute atomic E-state index is 0.683. The second-order valence-electron chi connectivity index (χ2n) is 1.73. The largest absolute Gasteiger partial charge is 0.327 e. The van der Waals surface area contributed by atoms with E-state index in [4.69, 9.17) is 5.73 Å². The first-order valence-electron chi connectivity index (χ1n) is 2.73. The number of nitrogens with two attached hydrogens (primary N) is 1.